The molecule has 0 radical (unpaired) electrons. The first kappa shape index (κ1) is 39.1. The summed E-state index contributed by atoms with van der Waals surface area (Å²) in [5.74, 6) is 0. The standard InChI is InChI=1S/C66H47N/c1-65(2)61-23-13-11-21-57(61)59-40-37-54(43-63(59)65)67(52-33-27-44(28-34-52)47-31-38-56-49(41-47)26-25-46-15-9-10-20-55(46)56)53-35-29-45(30-36-53)48-32-39-60-58-22-12-14-24-62(58)66(64(60)42-48,50-16-5-3-6-17-50)51-18-7-4-8-19-51/h3-43H,1-2H3. The fourth-order valence-corrected chi connectivity index (χ4v) is 11.7. The quantitative estimate of drug-likeness (QED) is 0.144. The Balaban J connectivity index is 0.917. The molecule has 0 unspecified atom stereocenters. The Kier molecular flexibility index (Phi) is 8.85. The molecule has 0 aliphatic heterocycles. The number of hydrogen-bond donors (Lipinski definition) is 0. The third kappa shape index (κ3) is 6.01. The van der Waals surface area contributed by atoms with E-state index in [1.165, 1.54) is 99.4 Å². The number of anilines is 3. The minimum Gasteiger partial charge on any atom is -0.310 e. The molecule has 11 aromatic rings. The Hall–Kier alpha value is -8.26. The van der Waals surface area contributed by atoms with Gasteiger partial charge < -0.3 is 4.90 Å². The fourth-order valence-electron chi connectivity index (χ4n) is 11.7. The lowest BCUT2D eigenvalue weighted by Gasteiger charge is -2.34. The summed E-state index contributed by atoms with van der Waals surface area (Å²) < 4.78 is 0. The van der Waals surface area contributed by atoms with Gasteiger partial charge in [0.1, 0.15) is 0 Å². The van der Waals surface area contributed by atoms with Gasteiger partial charge in [-0.05, 0) is 148 Å². The highest BCUT2D eigenvalue weighted by molar-refractivity contribution is 6.08. The average molecular weight is 854 g/mol. The Labute approximate surface area is 392 Å². The van der Waals surface area contributed by atoms with E-state index in [2.05, 4.69) is 267 Å². The molecule has 1 heteroatoms. The van der Waals surface area contributed by atoms with E-state index in [1.807, 2.05) is 0 Å². The molecule has 0 heterocycles. The van der Waals surface area contributed by atoms with E-state index in [4.69, 9.17) is 0 Å². The summed E-state index contributed by atoms with van der Waals surface area (Å²) in [7, 11) is 0. The Morgan fingerprint density at radius 2 is 0.746 bits per heavy atom. The van der Waals surface area contributed by atoms with Crippen LogP contribution in [-0.4, -0.2) is 0 Å². The first-order chi connectivity index (χ1) is 33.0. The van der Waals surface area contributed by atoms with Gasteiger partial charge >= 0.3 is 0 Å². The van der Waals surface area contributed by atoms with E-state index in [0.29, 0.717) is 0 Å². The highest BCUT2D eigenvalue weighted by Gasteiger charge is 2.46. The van der Waals surface area contributed by atoms with Crippen LogP contribution in [0.15, 0.2) is 249 Å². The second-order valence-corrected chi connectivity index (χ2v) is 18.8. The largest absolute Gasteiger partial charge is 0.310 e. The molecule has 1 nitrogen and oxygen atoms in total. The summed E-state index contributed by atoms with van der Waals surface area (Å²) in [6.07, 6.45) is 0. The maximum atomic E-state index is 2.45. The van der Waals surface area contributed by atoms with E-state index >= 15 is 0 Å². The highest BCUT2D eigenvalue weighted by Crippen LogP contribution is 2.57. The van der Waals surface area contributed by atoms with Crippen molar-refractivity contribution in [2.45, 2.75) is 24.7 Å². The fraction of sp³-hybridized carbons (Fsp3) is 0.0606. The van der Waals surface area contributed by atoms with Gasteiger partial charge in [0.2, 0.25) is 0 Å². The predicted molar refractivity (Wildman–Crippen MR) is 282 cm³/mol. The van der Waals surface area contributed by atoms with Gasteiger partial charge in [0, 0.05) is 22.5 Å². The summed E-state index contributed by atoms with van der Waals surface area (Å²) >= 11 is 0. The molecule has 2 aliphatic carbocycles. The van der Waals surface area contributed by atoms with Crippen molar-refractivity contribution in [2.24, 2.45) is 0 Å². The topological polar surface area (TPSA) is 3.24 Å². The predicted octanol–water partition coefficient (Wildman–Crippen LogP) is 17.5. The summed E-state index contributed by atoms with van der Waals surface area (Å²) in [6.45, 7) is 4.72. The number of fused-ring (bicyclic) bond motifs is 9. The van der Waals surface area contributed by atoms with E-state index in [1.54, 1.807) is 0 Å². The number of rotatable bonds is 7. The zero-order chi connectivity index (χ0) is 44.7. The Bertz CT molecular complexity index is 3650. The second-order valence-electron chi connectivity index (χ2n) is 18.8. The summed E-state index contributed by atoms with van der Waals surface area (Å²) in [4.78, 5) is 2.43. The molecular weight excluding hydrogens is 807 g/mol. The van der Waals surface area contributed by atoms with Crippen LogP contribution in [0.5, 0.6) is 0 Å². The van der Waals surface area contributed by atoms with Crippen LogP contribution in [0.4, 0.5) is 17.1 Å². The molecule has 0 saturated heterocycles. The van der Waals surface area contributed by atoms with Crippen LogP contribution < -0.4 is 4.90 Å². The van der Waals surface area contributed by atoms with Crippen LogP contribution in [0.3, 0.4) is 0 Å². The lowest BCUT2D eigenvalue weighted by molar-refractivity contribution is 0.660. The molecule has 316 valence electrons. The van der Waals surface area contributed by atoms with Gasteiger partial charge in [0.25, 0.3) is 0 Å². The van der Waals surface area contributed by atoms with Crippen LogP contribution in [0.25, 0.3) is 66.1 Å². The van der Waals surface area contributed by atoms with Crippen molar-refractivity contribution in [3.63, 3.8) is 0 Å². The summed E-state index contributed by atoms with van der Waals surface area (Å²) in [5, 5.41) is 5.10. The lowest BCUT2D eigenvalue weighted by Crippen LogP contribution is -2.28. The van der Waals surface area contributed by atoms with Crippen molar-refractivity contribution in [2.75, 3.05) is 4.90 Å². The van der Waals surface area contributed by atoms with Crippen molar-refractivity contribution in [1.29, 1.82) is 0 Å². The molecule has 11 aromatic carbocycles. The first-order valence-electron chi connectivity index (χ1n) is 23.5. The van der Waals surface area contributed by atoms with Crippen molar-refractivity contribution >= 4 is 38.6 Å². The molecule has 0 atom stereocenters. The maximum Gasteiger partial charge on any atom is 0.0713 e. The zero-order valence-corrected chi connectivity index (χ0v) is 37.6. The lowest BCUT2D eigenvalue weighted by atomic mass is 9.67. The Morgan fingerprint density at radius 1 is 0.284 bits per heavy atom. The Morgan fingerprint density at radius 3 is 1.43 bits per heavy atom. The monoisotopic (exact) mass is 853 g/mol. The van der Waals surface area contributed by atoms with Crippen LogP contribution in [0, 0.1) is 0 Å². The molecule has 0 bridgehead atoms. The van der Waals surface area contributed by atoms with Gasteiger partial charge in [-0.25, -0.2) is 0 Å². The zero-order valence-electron chi connectivity index (χ0n) is 37.6. The molecular formula is C66H47N. The molecule has 13 rings (SSSR count). The number of nitrogens with zero attached hydrogens (tertiary/aromatic N) is 1. The van der Waals surface area contributed by atoms with E-state index in [9.17, 15) is 0 Å². The average Bonchev–Trinajstić information content (AvgIpc) is 3.82. The van der Waals surface area contributed by atoms with E-state index in [0.717, 1.165) is 17.1 Å². The number of benzene rings is 11. The molecule has 2 aliphatic rings. The molecule has 0 saturated carbocycles. The van der Waals surface area contributed by atoms with E-state index < -0.39 is 5.41 Å². The molecule has 0 spiro atoms. The van der Waals surface area contributed by atoms with Crippen molar-refractivity contribution in [3.05, 3.63) is 282 Å². The van der Waals surface area contributed by atoms with Crippen LogP contribution >= 0.6 is 0 Å². The third-order valence-corrected chi connectivity index (χ3v) is 14.9. The molecule has 67 heavy (non-hydrogen) atoms. The highest BCUT2D eigenvalue weighted by atomic mass is 15.1. The maximum absolute atomic E-state index is 2.45. The van der Waals surface area contributed by atoms with Gasteiger partial charge in [-0.1, -0.05) is 214 Å². The van der Waals surface area contributed by atoms with Crippen molar-refractivity contribution in [3.8, 4) is 44.5 Å². The summed E-state index contributed by atoms with van der Waals surface area (Å²) in [6, 6.07) is 92.5. The van der Waals surface area contributed by atoms with E-state index in [-0.39, 0.29) is 5.41 Å². The van der Waals surface area contributed by atoms with Gasteiger partial charge in [-0.2, -0.15) is 0 Å². The van der Waals surface area contributed by atoms with Crippen molar-refractivity contribution < 1.29 is 0 Å². The van der Waals surface area contributed by atoms with Gasteiger partial charge in [0.05, 0.1) is 5.41 Å². The number of hydrogen-bond acceptors (Lipinski definition) is 1. The van der Waals surface area contributed by atoms with Crippen molar-refractivity contribution in [1.82, 2.24) is 0 Å². The smallest absolute Gasteiger partial charge is 0.0713 e. The SMILES string of the molecule is CC1(C)c2ccccc2-c2ccc(N(c3ccc(-c4ccc5c(c4)C(c4ccccc4)(c4ccccc4)c4ccccc4-5)cc3)c3ccc(-c4ccc5c(ccc6ccccc65)c4)cc3)cc21. The molecule has 0 N–H and O–H groups in total. The van der Waals surface area contributed by atoms with Crippen LogP contribution in [-0.2, 0) is 10.8 Å². The summed E-state index contributed by atoms with van der Waals surface area (Å²) in [5.41, 5.74) is 20.7. The molecule has 0 fully saturated rings. The first-order valence-corrected chi connectivity index (χ1v) is 23.5. The molecule has 0 amide bonds. The third-order valence-electron chi connectivity index (χ3n) is 14.9. The van der Waals surface area contributed by atoms with Gasteiger partial charge in [-0.3, -0.25) is 0 Å². The minimum atomic E-state index is -0.449. The van der Waals surface area contributed by atoms with Crippen LogP contribution in [0.1, 0.15) is 47.2 Å². The normalized spacial score (nSPS) is 13.8. The molecule has 0 aromatic heterocycles. The minimum absolute atomic E-state index is 0.120. The second kappa shape index (κ2) is 15.2. The van der Waals surface area contributed by atoms with Crippen LogP contribution in [0.2, 0.25) is 0 Å². The van der Waals surface area contributed by atoms with Gasteiger partial charge in [0.15, 0.2) is 0 Å². The van der Waals surface area contributed by atoms with Gasteiger partial charge in [-0.15, -0.1) is 0 Å².